The maximum absolute atomic E-state index is 6.03. The van der Waals surface area contributed by atoms with E-state index in [1.807, 2.05) is 0 Å². The van der Waals surface area contributed by atoms with Crippen molar-refractivity contribution in [1.82, 2.24) is 5.32 Å². The first-order valence-electron chi connectivity index (χ1n) is 4.81. The lowest BCUT2D eigenvalue weighted by molar-refractivity contribution is 0.601. The summed E-state index contributed by atoms with van der Waals surface area (Å²) in [4.78, 5) is 2.64. The van der Waals surface area contributed by atoms with E-state index in [-0.39, 0.29) is 6.04 Å². The molecule has 72 valence electrons. The smallest absolute Gasteiger partial charge is 0.0516 e. The van der Waals surface area contributed by atoms with E-state index in [1.165, 1.54) is 22.6 Å². The first-order chi connectivity index (χ1) is 6.25. The molecule has 1 heterocycles. The van der Waals surface area contributed by atoms with Crippen molar-refractivity contribution in [2.75, 3.05) is 6.54 Å². The summed E-state index contributed by atoms with van der Waals surface area (Å²) in [5.74, 6) is 0. The van der Waals surface area contributed by atoms with Gasteiger partial charge in [-0.2, -0.15) is 0 Å². The molecule has 2 rings (SSSR count). The van der Waals surface area contributed by atoms with E-state index in [4.69, 9.17) is 5.73 Å². The van der Waals surface area contributed by atoms with E-state index in [2.05, 4.69) is 24.4 Å². The van der Waals surface area contributed by atoms with Crippen LogP contribution in [-0.2, 0) is 0 Å². The highest BCUT2D eigenvalue weighted by atomic mass is 32.1. The third-order valence-electron chi connectivity index (χ3n) is 2.33. The fraction of sp³-hybridized carbons (Fsp3) is 0.600. The van der Waals surface area contributed by atoms with Gasteiger partial charge in [-0.25, -0.2) is 0 Å². The summed E-state index contributed by atoms with van der Waals surface area (Å²) in [5, 5.41) is 3.45. The van der Waals surface area contributed by atoms with Gasteiger partial charge in [0.15, 0.2) is 0 Å². The number of hydrogen-bond acceptors (Lipinski definition) is 3. The first-order valence-corrected chi connectivity index (χ1v) is 5.62. The standard InChI is InChI=1S/C10H16N2S/c1-7-2-5-10(13-7)9(11)6-12-8-3-4-8/h2,5,8-9,12H,3-4,6,11H2,1H3. The summed E-state index contributed by atoms with van der Waals surface area (Å²) in [6, 6.07) is 5.21. The van der Waals surface area contributed by atoms with Gasteiger partial charge in [0, 0.05) is 22.3 Å². The molecule has 1 unspecified atom stereocenters. The number of hydrogen-bond donors (Lipinski definition) is 2. The van der Waals surface area contributed by atoms with Crippen LogP contribution < -0.4 is 11.1 Å². The van der Waals surface area contributed by atoms with Crippen molar-refractivity contribution < 1.29 is 0 Å². The summed E-state index contributed by atoms with van der Waals surface area (Å²) < 4.78 is 0. The number of nitrogens with one attached hydrogen (secondary N) is 1. The molecule has 0 saturated heterocycles. The Bertz CT molecular complexity index is 278. The van der Waals surface area contributed by atoms with E-state index in [0.29, 0.717) is 0 Å². The van der Waals surface area contributed by atoms with Gasteiger partial charge in [-0.15, -0.1) is 11.3 Å². The zero-order chi connectivity index (χ0) is 9.26. The molecule has 1 aliphatic carbocycles. The molecular weight excluding hydrogens is 180 g/mol. The Morgan fingerprint density at radius 1 is 1.62 bits per heavy atom. The van der Waals surface area contributed by atoms with Gasteiger partial charge in [0.05, 0.1) is 6.04 Å². The average Bonchev–Trinajstić information content (AvgIpc) is 2.84. The van der Waals surface area contributed by atoms with Crippen LogP contribution >= 0.6 is 11.3 Å². The number of nitrogens with two attached hydrogens (primary N) is 1. The lowest BCUT2D eigenvalue weighted by Crippen LogP contribution is -2.27. The van der Waals surface area contributed by atoms with Crippen molar-refractivity contribution in [3.8, 4) is 0 Å². The van der Waals surface area contributed by atoms with Crippen molar-refractivity contribution in [3.05, 3.63) is 21.9 Å². The van der Waals surface area contributed by atoms with E-state index < -0.39 is 0 Å². The van der Waals surface area contributed by atoms with Crippen molar-refractivity contribution in [2.45, 2.75) is 31.8 Å². The molecule has 1 aromatic heterocycles. The molecule has 1 fully saturated rings. The maximum atomic E-state index is 6.03. The lowest BCUT2D eigenvalue weighted by atomic mass is 10.2. The number of rotatable bonds is 4. The van der Waals surface area contributed by atoms with E-state index in [1.54, 1.807) is 11.3 Å². The monoisotopic (exact) mass is 196 g/mol. The van der Waals surface area contributed by atoms with Gasteiger partial charge >= 0.3 is 0 Å². The Morgan fingerprint density at radius 3 is 2.92 bits per heavy atom. The molecule has 0 spiro atoms. The summed E-state index contributed by atoms with van der Waals surface area (Å²) in [6.45, 7) is 3.04. The summed E-state index contributed by atoms with van der Waals surface area (Å²) in [5.41, 5.74) is 6.03. The van der Waals surface area contributed by atoms with Crippen LogP contribution in [0, 0.1) is 6.92 Å². The fourth-order valence-electron chi connectivity index (χ4n) is 1.33. The van der Waals surface area contributed by atoms with E-state index in [0.717, 1.165) is 12.6 Å². The summed E-state index contributed by atoms with van der Waals surface area (Å²) in [7, 11) is 0. The predicted octanol–water partition coefficient (Wildman–Crippen LogP) is 1.81. The van der Waals surface area contributed by atoms with Gasteiger partial charge in [-0.05, 0) is 31.9 Å². The van der Waals surface area contributed by atoms with Crippen LogP contribution in [0.5, 0.6) is 0 Å². The molecule has 1 aromatic rings. The second kappa shape index (κ2) is 3.78. The zero-order valence-electron chi connectivity index (χ0n) is 7.92. The quantitative estimate of drug-likeness (QED) is 0.770. The van der Waals surface area contributed by atoms with E-state index in [9.17, 15) is 0 Å². The molecule has 1 aliphatic rings. The molecule has 13 heavy (non-hydrogen) atoms. The second-order valence-corrected chi connectivity index (χ2v) is 5.06. The Morgan fingerprint density at radius 2 is 2.38 bits per heavy atom. The third-order valence-corrected chi connectivity index (χ3v) is 3.46. The van der Waals surface area contributed by atoms with Gasteiger partial charge in [-0.1, -0.05) is 0 Å². The minimum Gasteiger partial charge on any atom is -0.322 e. The molecule has 0 aromatic carbocycles. The average molecular weight is 196 g/mol. The number of aryl methyl sites for hydroxylation is 1. The second-order valence-electron chi connectivity index (χ2n) is 3.74. The molecule has 0 bridgehead atoms. The third kappa shape index (κ3) is 2.53. The van der Waals surface area contributed by atoms with Gasteiger partial charge in [0.2, 0.25) is 0 Å². The fourth-order valence-corrected chi connectivity index (χ4v) is 2.21. The highest BCUT2D eigenvalue weighted by molar-refractivity contribution is 7.12. The van der Waals surface area contributed by atoms with Gasteiger partial charge < -0.3 is 11.1 Å². The lowest BCUT2D eigenvalue weighted by Gasteiger charge is -2.09. The number of thiophene rings is 1. The summed E-state index contributed by atoms with van der Waals surface area (Å²) in [6.07, 6.45) is 2.66. The van der Waals surface area contributed by atoms with Crippen LogP contribution in [0.4, 0.5) is 0 Å². The molecule has 3 heteroatoms. The van der Waals surface area contributed by atoms with Gasteiger partial charge in [-0.3, -0.25) is 0 Å². The molecular formula is C10H16N2S. The molecule has 0 amide bonds. The van der Waals surface area contributed by atoms with Crippen LogP contribution in [0.25, 0.3) is 0 Å². The Kier molecular flexibility index (Phi) is 2.67. The van der Waals surface area contributed by atoms with Gasteiger partial charge in [0.25, 0.3) is 0 Å². The minimum atomic E-state index is 0.180. The molecule has 0 aliphatic heterocycles. The highest BCUT2D eigenvalue weighted by Crippen LogP contribution is 2.23. The zero-order valence-corrected chi connectivity index (χ0v) is 8.73. The Hall–Kier alpha value is -0.380. The van der Waals surface area contributed by atoms with Gasteiger partial charge in [0.1, 0.15) is 0 Å². The largest absolute Gasteiger partial charge is 0.322 e. The van der Waals surface area contributed by atoms with Crippen LogP contribution in [0.3, 0.4) is 0 Å². The van der Waals surface area contributed by atoms with E-state index >= 15 is 0 Å². The summed E-state index contributed by atoms with van der Waals surface area (Å²) >= 11 is 1.80. The van der Waals surface area contributed by atoms with Crippen molar-refractivity contribution in [2.24, 2.45) is 5.73 Å². The predicted molar refractivity (Wildman–Crippen MR) is 57.0 cm³/mol. The van der Waals surface area contributed by atoms with Crippen LogP contribution in [-0.4, -0.2) is 12.6 Å². The van der Waals surface area contributed by atoms with Crippen molar-refractivity contribution >= 4 is 11.3 Å². The van der Waals surface area contributed by atoms with Crippen molar-refractivity contribution in [3.63, 3.8) is 0 Å². The highest BCUT2D eigenvalue weighted by Gasteiger charge is 2.21. The Labute approximate surface area is 83.1 Å². The maximum Gasteiger partial charge on any atom is 0.0516 e. The molecule has 3 N–H and O–H groups in total. The molecule has 1 atom stereocenters. The van der Waals surface area contributed by atoms with Crippen LogP contribution in [0.1, 0.15) is 28.6 Å². The van der Waals surface area contributed by atoms with Crippen LogP contribution in [0.2, 0.25) is 0 Å². The molecule has 2 nitrogen and oxygen atoms in total. The normalized spacial score (nSPS) is 18.9. The minimum absolute atomic E-state index is 0.180. The molecule has 1 saturated carbocycles. The Balaban J connectivity index is 1.84. The van der Waals surface area contributed by atoms with Crippen molar-refractivity contribution in [1.29, 1.82) is 0 Å². The topological polar surface area (TPSA) is 38.0 Å². The first kappa shape index (κ1) is 9.19. The molecule has 0 radical (unpaired) electrons. The SMILES string of the molecule is Cc1ccc(C(N)CNC2CC2)s1. The van der Waals surface area contributed by atoms with Crippen LogP contribution in [0.15, 0.2) is 12.1 Å².